The summed E-state index contributed by atoms with van der Waals surface area (Å²) in [4.78, 5) is 37.7. The molecule has 9 heteroatoms. The fraction of sp³-hybridized carbons (Fsp3) is 0.125. The van der Waals surface area contributed by atoms with E-state index in [0.717, 1.165) is 10.9 Å². The van der Waals surface area contributed by atoms with Gasteiger partial charge in [0, 0.05) is 35.1 Å². The number of fused-ring (bicyclic) bond motifs is 2. The number of hydrogen-bond acceptors (Lipinski definition) is 5. The molecule has 0 aliphatic carbocycles. The second-order valence-electron chi connectivity index (χ2n) is 5.63. The summed E-state index contributed by atoms with van der Waals surface area (Å²) in [6.07, 6.45) is 1.52. The van der Waals surface area contributed by atoms with E-state index in [9.17, 15) is 9.59 Å². The number of hydrogen-bond donors (Lipinski definition) is 3. The first-order chi connectivity index (χ1) is 12.0. The quantitative estimate of drug-likeness (QED) is 0.518. The van der Waals surface area contributed by atoms with Gasteiger partial charge in [-0.15, -0.1) is 0 Å². The zero-order valence-corrected chi connectivity index (χ0v) is 13.9. The number of imidazole rings is 1. The van der Waals surface area contributed by atoms with Crippen LogP contribution in [0.4, 0.5) is 5.95 Å². The van der Waals surface area contributed by atoms with E-state index in [1.54, 1.807) is 31.3 Å². The lowest BCUT2D eigenvalue weighted by molar-refractivity contribution is 0.876. The number of nitrogens with zero attached hydrogens (tertiary/aromatic N) is 3. The van der Waals surface area contributed by atoms with Crippen molar-refractivity contribution in [2.24, 2.45) is 7.05 Å². The summed E-state index contributed by atoms with van der Waals surface area (Å²) in [5.74, 6) is 0.327. The van der Waals surface area contributed by atoms with Gasteiger partial charge < -0.3 is 15.3 Å². The molecule has 0 saturated heterocycles. The summed E-state index contributed by atoms with van der Waals surface area (Å²) >= 11 is 6.00. The predicted molar refractivity (Wildman–Crippen MR) is 96.0 cm³/mol. The van der Waals surface area contributed by atoms with Crippen LogP contribution in [0.2, 0.25) is 5.02 Å². The van der Waals surface area contributed by atoms with Crippen molar-refractivity contribution >= 4 is 39.6 Å². The van der Waals surface area contributed by atoms with Gasteiger partial charge in [-0.1, -0.05) is 11.6 Å². The molecule has 0 spiro atoms. The SMILES string of the molecule is Cn1c(=O)[nH]c2cnc(NCc3cc4cc(Cl)ccc4[nH]c3=O)nc21. The van der Waals surface area contributed by atoms with E-state index in [1.165, 1.54) is 10.8 Å². The number of pyridine rings is 1. The fourth-order valence-corrected chi connectivity index (χ4v) is 2.81. The summed E-state index contributed by atoms with van der Waals surface area (Å²) in [6.45, 7) is 0.238. The van der Waals surface area contributed by atoms with Gasteiger partial charge in [0.2, 0.25) is 5.95 Å². The van der Waals surface area contributed by atoms with Gasteiger partial charge in [0.05, 0.1) is 6.20 Å². The van der Waals surface area contributed by atoms with Gasteiger partial charge in [-0.05, 0) is 24.3 Å². The lowest BCUT2D eigenvalue weighted by atomic mass is 10.1. The predicted octanol–water partition coefficient (Wildman–Crippen LogP) is 1.76. The Kier molecular flexibility index (Phi) is 3.54. The monoisotopic (exact) mass is 356 g/mol. The topological polar surface area (TPSA) is 108 Å². The molecule has 0 radical (unpaired) electrons. The molecule has 4 rings (SSSR count). The van der Waals surface area contributed by atoms with Gasteiger partial charge >= 0.3 is 5.69 Å². The Morgan fingerprint density at radius 3 is 2.88 bits per heavy atom. The third kappa shape index (κ3) is 2.76. The Hall–Kier alpha value is -3.13. The van der Waals surface area contributed by atoms with Gasteiger partial charge in [0.15, 0.2) is 5.65 Å². The minimum Gasteiger partial charge on any atom is -0.350 e. The van der Waals surface area contributed by atoms with Crippen molar-refractivity contribution in [2.45, 2.75) is 6.54 Å². The van der Waals surface area contributed by atoms with E-state index < -0.39 is 0 Å². The number of halogens is 1. The van der Waals surface area contributed by atoms with Crippen molar-refractivity contribution in [3.63, 3.8) is 0 Å². The first-order valence-corrected chi connectivity index (χ1v) is 7.86. The fourth-order valence-electron chi connectivity index (χ4n) is 2.63. The maximum atomic E-state index is 12.2. The van der Waals surface area contributed by atoms with Gasteiger partial charge in [-0.3, -0.25) is 9.36 Å². The molecule has 126 valence electrons. The van der Waals surface area contributed by atoms with Crippen LogP contribution in [0.5, 0.6) is 0 Å². The standard InChI is InChI=1S/C16H13ClN6O2/c1-23-13-12(21-16(23)25)7-19-15(22-13)18-6-9-4-8-5-10(17)2-3-11(8)20-14(9)24/h2-5,7H,6H2,1H3,(H,20,24)(H,21,25)(H,18,19,22). The van der Waals surface area contributed by atoms with Crippen LogP contribution in [-0.2, 0) is 13.6 Å². The molecule has 0 atom stereocenters. The number of nitrogens with one attached hydrogen (secondary N) is 3. The first kappa shape index (κ1) is 15.4. The molecule has 0 unspecified atom stereocenters. The van der Waals surface area contributed by atoms with Crippen LogP contribution in [0.25, 0.3) is 22.1 Å². The molecular weight excluding hydrogens is 344 g/mol. The molecule has 0 aliphatic heterocycles. The van der Waals surface area contributed by atoms with Crippen molar-refractivity contribution in [1.82, 2.24) is 24.5 Å². The number of rotatable bonds is 3. The third-order valence-corrected chi connectivity index (χ3v) is 4.19. The molecule has 3 heterocycles. The average Bonchev–Trinajstić information content (AvgIpc) is 2.87. The zero-order valence-electron chi connectivity index (χ0n) is 13.1. The summed E-state index contributed by atoms with van der Waals surface area (Å²) < 4.78 is 1.40. The summed E-state index contributed by atoms with van der Waals surface area (Å²) in [5, 5.41) is 4.44. The Labute approximate surface area is 145 Å². The van der Waals surface area contributed by atoms with Crippen molar-refractivity contribution in [3.8, 4) is 0 Å². The highest BCUT2D eigenvalue weighted by Gasteiger charge is 2.08. The largest absolute Gasteiger partial charge is 0.350 e. The van der Waals surface area contributed by atoms with E-state index in [-0.39, 0.29) is 17.8 Å². The number of aromatic nitrogens is 5. The lowest BCUT2D eigenvalue weighted by Crippen LogP contribution is -2.16. The second-order valence-corrected chi connectivity index (χ2v) is 6.07. The highest BCUT2D eigenvalue weighted by Crippen LogP contribution is 2.17. The van der Waals surface area contributed by atoms with E-state index in [0.29, 0.717) is 27.7 Å². The normalized spacial score (nSPS) is 11.3. The molecule has 0 amide bonds. The van der Waals surface area contributed by atoms with Crippen LogP contribution in [0.3, 0.4) is 0 Å². The van der Waals surface area contributed by atoms with Crippen LogP contribution < -0.4 is 16.6 Å². The van der Waals surface area contributed by atoms with Crippen LogP contribution in [0.15, 0.2) is 40.1 Å². The number of H-pyrrole nitrogens is 2. The van der Waals surface area contributed by atoms with Crippen LogP contribution >= 0.6 is 11.6 Å². The van der Waals surface area contributed by atoms with Gasteiger partial charge in [-0.2, -0.15) is 4.98 Å². The Bertz CT molecular complexity index is 1220. The van der Waals surface area contributed by atoms with Crippen molar-refractivity contribution in [2.75, 3.05) is 5.32 Å². The van der Waals surface area contributed by atoms with E-state index in [2.05, 4.69) is 25.3 Å². The van der Waals surface area contributed by atoms with Crippen LogP contribution in [0, 0.1) is 0 Å². The maximum absolute atomic E-state index is 12.2. The molecule has 3 aromatic heterocycles. The molecule has 0 aliphatic rings. The van der Waals surface area contributed by atoms with Gasteiger partial charge in [0.25, 0.3) is 5.56 Å². The maximum Gasteiger partial charge on any atom is 0.327 e. The van der Waals surface area contributed by atoms with Crippen molar-refractivity contribution < 1.29 is 0 Å². The molecule has 0 fully saturated rings. The van der Waals surface area contributed by atoms with E-state index in [4.69, 9.17) is 11.6 Å². The molecule has 25 heavy (non-hydrogen) atoms. The first-order valence-electron chi connectivity index (χ1n) is 7.48. The van der Waals surface area contributed by atoms with Crippen LogP contribution in [-0.4, -0.2) is 24.5 Å². The molecule has 0 saturated carbocycles. The number of anilines is 1. The Morgan fingerprint density at radius 1 is 1.20 bits per heavy atom. The lowest BCUT2D eigenvalue weighted by Gasteiger charge is -2.06. The van der Waals surface area contributed by atoms with Gasteiger partial charge in [0.1, 0.15) is 5.52 Å². The number of benzene rings is 1. The smallest absolute Gasteiger partial charge is 0.327 e. The van der Waals surface area contributed by atoms with Gasteiger partial charge in [-0.25, -0.2) is 9.78 Å². The molecular formula is C16H13ClN6O2. The minimum absolute atomic E-state index is 0.197. The minimum atomic E-state index is -0.260. The number of aromatic amines is 2. The van der Waals surface area contributed by atoms with E-state index >= 15 is 0 Å². The highest BCUT2D eigenvalue weighted by atomic mass is 35.5. The van der Waals surface area contributed by atoms with Crippen molar-refractivity contribution in [3.05, 3.63) is 61.9 Å². The Morgan fingerprint density at radius 2 is 2.04 bits per heavy atom. The Balaban J connectivity index is 1.65. The third-order valence-electron chi connectivity index (χ3n) is 3.95. The second kappa shape index (κ2) is 5.75. The summed E-state index contributed by atoms with van der Waals surface area (Å²) in [7, 11) is 1.62. The highest BCUT2D eigenvalue weighted by molar-refractivity contribution is 6.31. The molecule has 4 aromatic rings. The zero-order chi connectivity index (χ0) is 17.6. The van der Waals surface area contributed by atoms with Crippen molar-refractivity contribution in [1.29, 1.82) is 0 Å². The molecule has 1 aromatic carbocycles. The summed E-state index contributed by atoms with van der Waals surface area (Å²) in [5.41, 5.74) is 1.83. The molecule has 0 bridgehead atoms. The molecule has 8 nitrogen and oxygen atoms in total. The average molecular weight is 357 g/mol. The van der Waals surface area contributed by atoms with Crippen LogP contribution in [0.1, 0.15) is 5.56 Å². The molecule has 3 N–H and O–H groups in total. The number of aryl methyl sites for hydroxylation is 1. The summed E-state index contributed by atoms with van der Waals surface area (Å²) in [6, 6.07) is 7.05. The van der Waals surface area contributed by atoms with E-state index in [1.807, 2.05) is 0 Å².